The summed E-state index contributed by atoms with van der Waals surface area (Å²) in [4.78, 5) is 2.26. The van der Waals surface area contributed by atoms with Gasteiger partial charge in [-0.05, 0) is 54.9 Å². The Morgan fingerprint density at radius 3 is 2.25 bits per heavy atom. The van der Waals surface area contributed by atoms with Crippen molar-refractivity contribution in [3.63, 3.8) is 0 Å². The van der Waals surface area contributed by atoms with E-state index in [2.05, 4.69) is 11.8 Å². The number of halogens is 3. The fraction of sp³-hybridized carbons (Fsp3) is 0.429. The van der Waals surface area contributed by atoms with Gasteiger partial charge in [0.15, 0.2) is 11.5 Å². The van der Waals surface area contributed by atoms with Crippen LogP contribution in [0.2, 0.25) is 0 Å². The normalized spacial score (nSPS) is 17.6. The zero-order chi connectivity index (χ0) is 20.3. The first-order valence-corrected chi connectivity index (χ1v) is 9.16. The van der Waals surface area contributed by atoms with Gasteiger partial charge in [-0.1, -0.05) is 6.92 Å². The predicted octanol–water partition coefficient (Wildman–Crippen LogP) is 4.72. The van der Waals surface area contributed by atoms with E-state index in [4.69, 9.17) is 14.2 Å². The molecule has 0 saturated heterocycles. The maximum Gasteiger partial charge on any atom is 0.416 e. The minimum Gasteiger partial charge on any atom is -0.493 e. The van der Waals surface area contributed by atoms with Crippen molar-refractivity contribution < 1.29 is 27.4 Å². The van der Waals surface area contributed by atoms with Gasteiger partial charge in [-0.3, -0.25) is 4.90 Å². The summed E-state index contributed by atoms with van der Waals surface area (Å²) in [5.41, 5.74) is 1.36. The van der Waals surface area contributed by atoms with Gasteiger partial charge in [0.1, 0.15) is 11.9 Å². The van der Waals surface area contributed by atoms with Gasteiger partial charge in [0, 0.05) is 18.7 Å². The minimum absolute atomic E-state index is 0.325. The van der Waals surface area contributed by atoms with E-state index >= 15 is 0 Å². The van der Waals surface area contributed by atoms with Crippen molar-refractivity contribution in [3.05, 3.63) is 53.1 Å². The molecule has 28 heavy (non-hydrogen) atoms. The average molecular weight is 395 g/mol. The van der Waals surface area contributed by atoms with Crippen LogP contribution in [0.5, 0.6) is 17.2 Å². The number of likely N-dealkylation sites (N-methyl/N-ethyl adjacent to an activating group) is 1. The molecule has 2 aromatic rings. The number of methoxy groups -OCH3 is 2. The molecule has 2 aromatic carbocycles. The third kappa shape index (κ3) is 4.35. The van der Waals surface area contributed by atoms with Crippen LogP contribution < -0.4 is 14.2 Å². The Bertz CT molecular complexity index is 806. The molecule has 0 aromatic heterocycles. The lowest BCUT2D eigenvalue weighted by atomic mass is 10.00. The Morgan fingerprint density at radius 1 is 1.04 bits per heavy atom. The molecule has 152 valence electrons. The van der Waals surface area contributed by atoms with Crippen molar-refractivity contribution >= 4 is 0 Å². The van der Waals surface area contributed by atoms with Crippen LogP contribution in [0, 0.1) is 0 Å². The Labute approximate surface area is 162 Å². The molecule has 0 saturated carbocycles. The molecule has 1 heterocycles. The van der Waals surface area contributed by atoms with Crippen molar-refractivity contribution in [1.29, 1.82) is 0 Å². The standard InChI is InChI=1S/C21H24F3NO3/c1-4-25-10-9-14-11-18(26-2)19(27-3)12-17(14)20(13-25)28-16-7-5-15(6-8-16)21(22,23)24/h5-8,11-12,20H,4,9-10,13H2,1-3H3. The molecule has 1 aliphatic heterocycles. The van der Waals surface area contributed by atoms with Gasteiger partial charge in [-0.15, -0.1) is 0 Å². The highest BCUT2D eigenvalue weighted by Gasteiger charge is 2.31. The highest BCUT2D eigenvalue weighted by atomic mass is 19.4. The molecule has 3 rings (SSSR count). The Morgan fingerprint density at radius 2 is 1.68 bits per heavy atom. The number of hydrogen-bond donors (Lipinski definition) is 0. The number of rotatable bonds is 5. The summed E-state index contributed by atoms with van der Waals surface area (Å²) in [6, 6.07) is 8.67. The minimum atomic E-state index is -4.36. The molecular weight excluding hydrogens is 371 g/mol. The smallest absolute Gasteiger partial charge is 0.416 e. The third-order valence-electron chi connectivity index (χ3n) is 5.02. The van der Waals surface area contributed by atoms with Crippen molar-refractivity contribution in [2.45, 2.75) is 25.6 Å². The highest BCUT2D eigenvalue weighted by molar-refractivity contribution is 5.49. The SMILES string of the molecule is CCN1CCc2cc(OC)c(OC)cc2C(Oc2ccc(C(F)(F)F)cc2)C1. The van der Waals surface area contributed by atoms with E-state index in [0.29, 0.717) is 23.8 Å². The summed E-state index contributed by atoms with van der Waals surface area (Å²) in [5.74, 6) is 1.66. The van der Waals surface area contributed by atoms with E-state index < -0.39 is 11.7 Å². The number of fused-ring (bicyclic) bond motifs is 1. The fourth-order valence-electron chi connectivity index (χ4n) is 3.43. The van der Waals surface area contributed by atoms with Crippen LogP contribution in [-0.2, 0) is 12.6 Å². The first-order valence-electron chi connectivity index (χ1n) is 9.16. The van der Waals surface area contributed by atoms with Crippen LogP contribution in [-0.4, -0.2) is 38.8 Å². The van der Waals surface area contributed by atoms with Gasteiger partial charge in [0.05, 0.1) is 19.8 Å². The Balaban J connectivity index is 1.94. The number of hydrogen-bond acceptors (Lipinski definition) is 4. The van der Waals surface area contributed by atoms with E-state index in [1.54, 1.807) is 14.2 Å². The zero-order valence-electron chi connectivity index (χ0n) is 16.2. The van der Waals surface area contributed by atoms with Crippen molar-refractivity contribution in [2.24, 2.45) is 0 Å². The second-order valence-corrected chi connectivity index (χ2v) is 6.68. The molecule has 1 unspecified atom stereocenters. The largest absolute Gasteiger partial charge is 0.493 e. The van der Waals surface area contributed by atoms with Gasteiger partial charge >= 0.3 is 6.18 Å². The Hall–Kier alpha value is -2.41. The molecule has 1 atom stereocenters. The Kier molecular flexibility index (Phi) is 6.03. The van der Waals surface area contributed by atoms with Crippen molar-refractivity contribution in [3.8, 4) is 17.2 Å². The number of benzene rings is 2. The third-order valence-corrected chi connectivity index (χ3v) is 5.02. The first-order chi connectivity index (χ1) is 13.4. The molecule has 1 aliphatic rings. The summed E-state index contributed by atoms with van der Waals surface area (Å²) in [5, 5.41) is 0. The van der Waals surface area contributed by atoms with E-state index in [1.165, 1.54) is 12.1 Å². The molecule has 0 fully saturated rings. The van der Waals surface area contributed by atoms with Crippen LogP contribution in [0.4, 0.5) is 13.2 Å². The molecule has 0 N–H and O–H groups in total. The average Bonchev–Trinajstić information content (AvgIpc) is 2.85. The van der Waals surface area contributed by atoms with Gasteiger partial charge < -0.3 is 14.2 Å². The van der Waals surface area contributed by atoms with Gasteiger partial charge in [-0.2, -0.15) is 13.2 Å². The zero-order valence-corrected chi connectivity index (χ0v) is 16.2. The second kappa shape index (κ2) is 8.31. The summed E-state index contributed by atoms with van der Waals surface area (Å²) in [6.07, 6.45) is -3.86. The summed E-state index contributed by atoms with van der Waals surface area (Å²) < 4.78 is 55.4. The quantitative estimate of drug-likeness (QED) is 0.733. The monoisotopic (exact) mass is 395 g/mol. The molecule has 0 radical (unpaired) electrons. The fourth-order valence-corrected chi connectivity index (χ4v) is 3.43. The summed E-state index contributed by atoms with van der Waals surface area (Å²) >= 11 is 0. The topological polar surface area (TPSA) is 30.9 Å². The lowest BCUT2D eigenvalue weighted by Gasteiger charge is -2.25. The van der Waals surface area contributed by atoms with E-state index in [1.807, 2.05) is 12.1 Å². The maximum absolute atomic E-state index is 12.8. The van der Waals surface area contributed by atoms with E-state index in [-0.39, 0.29) is 6.10 Å². The van der Waals surface area contributed by atoms with Crippen molar-refractivity contribution in [2.75, 3.05) is 33.9 Å². The summed E-state index contributed by atoms with van der Waals surface area (Å²) in [7, 11) is 3.17. The van der Waals surface area contributed by atoms with Gasteiger partial charge in [0.2, 0.25) is 0 Å². The lowest BCUT2D eigenvalue weighted by molar-refractivity contribution is -0.137. The molecule has 0 amide bonds. The van der Waals surface area contributed by atoms with E-state index in [0.717, 1.165) is 42.8 Å². The van der Waals surface area contributed by atoms with Crippen LogP contribution in [0.15, 0.2) is 36.4 Å². The first kappa shape index (κ1) is 20.3. The highest BCUT2D eigenvalue weighted by Crippen LogP contribution is 2.37. The maximum atomic E-state index is 12.8. The molecule has 0 spiro atoms. The van der Waals surface area contributed by atoms with Crippen LogP contribution in [0.25, 0.3) is 0 Å². The number of nitrogens with zero attached hydrogens (tertiary/aromatic N) is 1. The summed E-state index contributed by atoms with van der Waals surface area (Å²) in [6.45, 7) is 4.44. The predicted molar refractivity (Wildman–Crippen MR) is 100 cm³/mol. The molecule has 0 aliphatic carbocycles. The lowest BCUT2D eigenvalue weighted by Crippen LogP contribution is -2.30. The number of ether oxygens (including phenoxy) is 3. The van der Waals surface area contributed by atoms with E-state index in [9.17, 15) is 13.2 Å². The molecule has 0 bridgehead atoms. The van der Waals surface area contributed by atoms with Crippen LogP contribution >= 0.6 is 0 Å². The van der Waals surface area contributed by atoms with Crippen LogP contribution in [0.3, 0.4) is 0 Å². The molecule has 4 nitrogen and oxygen atoms in total. The van der Waals surface area contributed by atoms with Gasteiger partial charge in [-0.25, -0.2) is 0 Å². The number of alkyl halides is 3. The molecule has 7 heteroatoms. The van der Waals surface area contributed by atoms with Gasteiger partial charge in [0.25, 0.3) is 0 Å². The van der Waals surface area contributed by atoms with Crippen molar-refractivity contribution in [1.82, 2.24) is 4.90 Å². The molecular formula is C21H24F3NO3. The van der Waals surface area contributed by atoms with Crippen LogP contribution in [0.1, 0.15) is 29.7 Å². The second-order valence-electron chi connectivity index (χ2n) is 6.68.